The fraction of sp³-hybridized carbons (Fsp3) is 0.400. The smallest absolute Gasteiger partial charge is 0.400 e. The zero-order valence-corrected chi connectivity index (χ0v) is 9.99. The van der Waals surface area contributed by atoms with E-state index in [0.717, 1.165) is 6.21 Å². The minimum Gasteiger partial charge on any atom is -0.400 e. The number of hydrogen-bond donors (Lipinski definition) is 2. The first-order valence-electron chi connectivity index (χ1n) is 5.24. The predicted octanol–water partition coefficient (Wildman–Crippen LogP) is 0.621. The Morgan fingerprint density at radius 3 is 2.78 bits per heavy atom. The van der Waals surface area contributed by atoms with Crippen molar-refractivity contribution in [2.45, 2.75) is 19.9 Å². The number of nitrogens with zero attached hydrogens (tertiary/aromatic N) is 2. The van der Waals surface area contributed by atoms with Crippen LogP contribution in [-0.4, -0.2) is 23.1 Å². The molecule has 1 heterocycles. The second-order valence-electron chi connectivity index (χ2n) is 3.94. The number of rotatable bonds is 5. The number of nitro groups is 1. The Hall–Kier alpha value is -2.22. The lowest BCUT2D eigenvalue weighted by molar-refractivity contribution is -0.402. The van der Waals surface area contributed by atoms with E-state index in [2.05, 4.69) is 10.5 Å². The van der Waals surface area contributed by atoms with Gasteiger partial charge in [0.05, 0.1) is 18.3 Å². The minimum atomic E-state index is -0.662. The molecule has 0 bridgehead atoms. The van der Waals surface area contributed by atoms with Crippen LogP contribution in [-0.2, 0) is 4.79 Å². The molecular weight excluding hydrogens is 240 g/mol. The number of nitrogens with one attached hydrogen (secondary N) is 1. The Labute approximate surface area is 103 Å². The number of nitrogens with two attached hydrogens (primary N) is 1. The fourth-order valence-electron chi connectivity index (χ4n) is 1.05. The van der Waals surface area contributed by atoms with Crippen LogP contribution in [0.5, 0.6) is 0 Å². The van der Waals surface area contributed by atoms with Gasteiger partial charge in [-0.05, 0) is 12.0 Å². The molecule has 18 heavy (non-hydrogen) atoms. The maximum atomic E-state index is 11.4. The molecule has 0 saturated heterocycles. The Kier molecular flexibility index (Phi) is 4.55. The van der Waals surface area contributed by atoms with E-state index in [0.29, 0.717) is 0 Å². The Morgan fingerprint density at radius 2 is 2.28 bits per heavy atom. The number of hydrogen-bond acceptors (Lipinski definition) is 6. The van der Waals surface area contributed by atoms with Crippen molar-refractivity contribution in [3.63, 3.8) is 0 Å². The zero-order chi connectivity index (χ0) is 13.7. The predicted molar refractivity (Wildman–Crippen MR) is 63.9 cm³/mol. The van der Waals surface area contributed by atoms with Crippen molar-refractivity contribution in [2.75, 3.05) is 0 Å². The largest absolute Gasteiger partial charge is 0.433 e. The highest BCUT2D eigenvalue weighted by Gasteiger charge is 2.16. The van der Waals surface area contributed by atoms with Crippen LogP contribution < -0.4 is 11.2 Å². The summed E-state index contributed by atoms with van der Waals surface area (Å²) in [5, 5.41) is 13.9. The number of furan rings is 1. The molecule has 0 spiro atoms. The number of amides is 1. The second kappa shape index (κ2) is 5.92. The van der Waals surface area contributed by atoms with Gasteiger partial charge in [-0.3, -0.25) is 14.9 Å². The average molecular weight is 254 g/mol. The lowest BCUT2D eigenvalue weighted by Crippen LogP contribution is -2.42. The first kappa shape index (κ1) is 13.8. The second-order valence-corrected chi connectivity index (χ2v) is 3.94. The molecule has 0 fully saturated rings. The quantitative estimate of drug-likeness (QED) is 0.453. The van der Waals surface area contributed by atoms with E-state index in [4.69, 9.17) is 10.2 Å². The Balaban J connectivity index is 2.54. The van der Waals surface area contributed by atoms with Gasteiger partial charge < -0.3 is 10.2 Å². The zero-order valence-electron chi connectivity index (χ0n) is 9.99. The summed E-state index contributed by atoms with van der Waals surface area (Å²) < 4.78 is 4.80. The van der Waals surface area contributed by atoms with Gasteiger partial charge in [0.1, 0.15) is 4.92 Å². The van der Waals surface area contributed by atoms with Crippen molar-refractivity contribution in [1.82, 2.24) is 5.43 Å². The maximum absolute atomic E-state index is 11.4. The van der Waals surface area contributed by atoms with Crippen molar-refractivity contribution < 1.29 is 14.1 Å². The van der Waals surface area contributed by atoms with E-state index in [9.17, 15) is 14.9 Å². The molecule has 98 valence electrons. The van der Waals surface area contributed by atoms with Crippen LogP contribution in [0.1, 0.15) is 19.6 Å². The highest BCUT2D eigenvalue weighted by molar-refractivity contribution is 5.83. The van der Waals surface area contributed by atoms with Gasteiger partial charge in [-0.15, -0.1) is 0 Å². The molecule has 0 aromatic carbocycles. The topological polar surface area (TPSA) is 124 Å². The van der Waals surface area contributed by atoms with E-state index in [-0.39, 0.29) is 17.6 Å². The van der Waals surface area contributed by atoms with Gasteiger partial charge in [0.15, 0.2) is 5.76 Å². The third-order valence-corrected chi connectivity index (χ3v) is 2.18. The Morgan fingerprint density at radius 1 is 1.61 bits per heavy atom. The van der Waals surface area contributed by atoms with Gasteiger partial charge in [0.25, 0.3) is 5.91 Å². The molecule has 1 aromatic heterocycles. The average Bonchev–Trinajstić information content (AvgIpc) is 2.76. The normalized spacial score (nSPS) is 12.9. The maximum Gasteiger partial charge on any atom is 0.433 e. The highest BCUT2D eigenvalue weighted by atomic mass is 16.6. The lowest BCUT2D eigenvalue weighted by atomic mass is 10.1. The van der Waals surface area contributed by atoms with E-state index in [1.165, 1.54) is 12.1 Å². The van der Waals surface area contributed by atoms with Crippen LogP contribution in [0.3, 0.4) is 0 Å². The van der Waals surface area contributed by atoms with Gasteiger partial charge in [-0.1, -0.05) is 13.8 Å². The third-order valence-electron chi connectivity index (χ3n) is 2.18. The number of carbonyl (C=O) groups is 1. The minimum absolute atomic E-state index is 0.00935. The summed E-state index contributed by atoms with van der Waals surface area (Å²) >= 11 is 0. The van der Waals surface area contributed by atoms with Crippen LogP contribution in [0.2, 0.25) is 0 Å². The Bertz CT molecular complexity index is 466. The molecule has 1 rings (SSSR count). The number of hydrazone groups is 1. The van der Waals surface area contributed by atoms with E-state index < -0.39 is 16.9 Å². The van der Waals surface area contributed by atoms with Gasteiger partial charge in [-0.25, -0.2) is 5.43 Å². The van der Waals surface area contributed by atoms with Crippen LogP contribution in [0.25, 0.3) is 0 Å². The van der Waals surface area contributed by atoms with Crippen molar-refractivity contribution in [2.24, 2.45) is 16.8 Å². The third kappa shape index (κ3) is 3.67. The molecule has 0 aliphatic heterocycles. The summed E-state index contributed by atoms with van der Waals surface area (Å²) in [7, 11) is 0. The SMILES string of the molecule is CC(C)C(N)C(=O)N/N=C/c1ccc([N+](=O)[O-])o1. The molecule has 0 aliphatic carbocycles. The summed E-state index contributed by atoms with van der Waals surface area (Å²) in [6, 6.07) is 1.91. The summed E-state index contributed by atoms with van der Waals surface area (Å²) in [6.07, 6.45) is 1.16. The van der Waals surface area contributed by atoms with Crippen molar-refractivity contribution in [1.29, 1.82) is 0 Å². The van der Waals surface area contributed by atoms with Crippen LogP contribution in [0, 0.1) is 16.0 Å². The molecule has 3 N–H and O–H groups in total. The fourth-order valence-corrected chi connectivity index (χ4v) is 1.05. The molecule has 8 nitrogen and oxygen atoms in total. The molecular formula is C10H14N4O4. The van der Waals surface area contributed by atoms with E-state index >= 15 is 0 Å². The van der Waals surface area contributed by atoms with Gasteiger partial charge in [-0.2, -0.15) is 5.10 Å². The molecule has 0 saturated carbocycles. The summed E-state index contributed by atoms with van der Waals surface area (Å²) in [5.41, 5.74) is 7.81. The summed E-state index contributed by atoms with van der Waals surface area (Å²) in [6.45, 7) is 3.62. The standard InChI is InChI=1S/C10H14N4O4/c1-6(2)9(11)10(15)13-12-5-7-3-4-8(18-7)14(16)17/h3-6,9H,11H2,1-2H3,(H,13,15)/b12-5+. The first-order valence-corrected chi connectivity index (χ1v) is 5.24. The summed E-state index contributed by atoms with van der Waals surface area (Å²) in [5.74, 6) is -0.658. The van der Waals surface area contributed by atoms with Crippen LogP contribution in [0.4, 0.5) is 5.88 Å². The van der Waals surface area contributed by atoms with E-state index in [1.54, 1.807) is 0 Å². The monoisotopic (exact) mass is 254 g/mol. The van der Waals surface area contributed by atoms with Crippen molar-refractivity contribution in [3.8, 4) is 0 Å². The van der Waals surface area contributed by atoms with Crippen LogP contribution >= 0.6 is 0 Å². The molecule has 1 aromatic rings. The molecule has 1 amide bonds. The summed E-state index contributed by atoms with van der Waals surface area (Å²) in [4.78, 5) is 21.1. The van der Waals surface area contributed by atoms with Gasteiger partial charge >= 0.3 is 5.88 Å². The van der Waals surface area contributed by atoms with Crippen LogP contribution in [0.15, 0.2) is 21.7 Å². The van der Waals surface area contributed by atoms with Crippen molar-refractivity contribution >= 4 is 18.0 Å². The lowest BCUT2D eigenvalue weighted by Gasteiger charge is -2.12. The number of carbonyl (C=O) groups excluding carboxylic acids is 1. The molecule has 1 atom stereocenters. The molecule has 0 radical (unpaired) electrons. The van der Waals surface area contributed by atoms with Gasteiger partial charge in [0, 0.05) is 0 Å². The molecule has 1 unspecified atom stereocenters. The first-order chi connectivity index (χ1) is 8.41. The van der Waals surface area contributed by atoms with Crippen molar-refractivity contribution in [3.05, 3.63) is 28.0 Å². The highest BCUT2D eigenvalue weighted by Crippen LogP contribution is 2.13. The molecule has 0 aliphatic rings. The van der Waals surface area contributed by atoms with Gasteiger partial charge in [0.2, 0.25) is 0 Å². The van der Waals surface area contributed by atoms with E-state index in [1.807, 2.05) is 13.8 Å². The molecule has 8 heteroatoms.